The molecule has 123 heavy (non-hydrogen) atoms. The Morgan fingerprint density at radius 1 is 0.593 bits per heavy atom. The number of phenolic OH excluding ortho intramolecular Hbond substituents is 4. The van der Waals surface area contributed by atoms with Crippen molar-refractivity contribution in [2.24, 2.45) is 5.92 Å². The zero-order valence-corrected chi connectivity index (χ0v) is 68.3. The molecule has 648 valence electrons. The van der Waals surface area contributed by atoms with E-state index in [1.807, 2.05) is 6.92 Å². The molecule has 35 heteroatoms. The highest BCUT2D eigenvalue weighted by Crippen LogP contribution is 2.56. The quantitative estimate of drug-likeness (QED) is 0.0423. The highest BCUT2D eigenvalue weighted by atomic mass is 19.3. The number of likely N-dealkylation sites (tertiary alicyclic amines) is 2. The number of para-hydroxylation sites is 1. The Hall–Kier alpha value is -12.1. The molecule has 4 fully saturated rings. The summed E-state index contributed by atoms with van der Waals surface area (Å²) in [5, 5.41) is 93.1. The lowest BCUT2D eigenvalue weighted by Gasteiger charge is -2.43. The molecule has 6 heterocycles. The summed E-state index contributed by atoms with van der Waals surface area (Å²) in [5.41, 5.74) is -6.36. The molecular weight excluding hydrogens is 1610 g/mol. The normalized spacial score (nSPS) is 26.5. The van der Waals surface area contributed by atoms with Gasteiger partial charge in [-0.05, 0) is 83.9 Å². The molecule has 4 aliphatic heterocycles. The van der Waals surface area contributed by atoms with Gasteiger partial charge in [-0.25, -0.2) is 8.78 Å². The van der Waals surface area contributed by atoms with Crippen LogP contribution in [-0.4, -0.2) is 237 Å². The summed E-state index contributed by atoms with van der Waals surface area (Å²) in [4.78, 5) is 173. The van der Waals surface area contributed by atoms with E-state index in [9.17, 15) is 93.3 Å². The Kier molecular flexibility index (Phi) is 24.1. The third-order valence-electron chi connectivity index (χ3n) is 24.8. The molecule has 33 nitrogen and oxygen atoms in total. The van der Waals surface area contributed by atoms with Gasteiger partial charge in [-0.2, -0.15) is 0 Å². The molecule has 0 spiro atoms. The van der Waals surface area contributed by atoms with Crippen LogP contribution in [0.25, 0.3) is 10.9 Å². The predicted molar refractivity (Wildman–Crippen MR) is 426 cm³/mol. The fourth-order valence-corrected chi connectivity index (χ4v) is 18.1. The van der Waals surface area contributed by atoms with E-state index in [-0.39, 0.29) is 93.2 Å². The van der Waals surface area contributed by atoms with Gasteiger partial charge in [0.05, 0.1) is 95.7 Å². The van der Waals surface area contributed by atoms with E-state index >= 15 is 8.78 Å². The molecule has 0 bridgehead atoms. The second kappa shape index (κ2) is 33.9. The monoisotopic (exact) mass is 1700 g/mol. The molecule has 5 aromatic carbocycles. The summed E-state index contributed by atoms with van der Waals surface area (Å²) in [6.07, 6.45) is -6.62. The van der Waals surface area contributed by atoms with Gasteiger partial charge in [-0.1, -0.05) is 56.3 Å². The summed E-state index contributed by atoms with van der Waals surface area (Å²) >= 11 is 0. The maximum atomic E-state index is 15.1. The Bertz CT molecular complexity index is 5550. The number of aromatic nitrogens is 2. The average Bonchev–Trinajstić information content (AvgIpc) is 1.07. The summed E-state index contributed by atoms with van der Waals surface area (Å²) in [6, 6.07) is 13.4. The third-order valence-corrected chi connectivity index (χ3v) is 24.8. The van der Waals surface area contributed by atoms with Gasteiger partial charge in [0.15, 0.2) is 35.7 Å². The van der Waals surface area contributed by atoms with E-state index in [1.54, 1.807) is 38.1 Å². The van der Waals surface area contributed by atoms with Gasteiger partial charge in [-0.15, -0.1) is 0 Å². The van der Waals surface area contributed by atoms with Crippen LogP contribution >= 0.6 is 0 Å². The van der Waals surface area contributed by atoms with Crippen LogP contribution in [0, 0.1) is 5.92 Å². The first-order chi connectivity index (χ1) is 58.3. The van der Waals surface area contributed by atoms with Gasteiger partial charge in [0.1, 0.15) is 76.0 Å². The molecule has 4 saturated heterocycles. The first-order valence-electron chi connectivity index (χ1n) is 40.3. The van der Waals surface area contributed by atoms with Crippen LogP contribution in [0.2, 0.25) is 0 Å². The number of alkyl halides is 2. The number of nitrogens with one attached hydrogen (secondary N) is 4. The number of methoxy groups -OCH3 is 2. The van der Waals surface area contributed by atoms with Crippen LogP contribution < -0.4 is 30.7 Å². The third kappa shape index (κ3) is 16.0. The molecule has 7 aromatic rings. The molecule has 15 rings (SSSR count). The van der Waals surface area contributed by atoms with E-state index in [0.717, 1.165) is 0 Å². The van der Waals surface area contributed by atoms with Crippen molar-refractivity contribution < 1.29 is 130 Å². The lowest BCUT2D eigenvalue weighted by atomic mass is 9.71. The van der Waals surface area contributed by atoms with Crippen molar-refractivity contribution in [1.29, 1.82) is 0 Å². The SMILES string of the molecule is CCC(=O)[C@]1(O)Cc2c(O)c3c(c(O)c2[C@@H](OC2CC(NC(=O)[C@@H]4CC(F)(F)CN4C(=O)[C@@H](C)NC(=O)c4ccnc5ccccc45)C(O)C(C)O2)C1)C(=O)c1c(OC)cccc1C3=O.COc1cccc2c1C(=O)c1c(O)c3c(c(O)c1C2=O)C[C@@](O)(C(C)=O)C[C@@H]3O[C@H]1C[C@H](NC(=O)[C@@H]2CCCN2C(=O)[C@@H](C)NC(=O)c2ccncc2)[C@H](C)[C@H](C)O1. The van der Waals surface area contributed by atoms with Gasteiger partial charge < -0.3 is 95.2 Å². The number of phenols is 4. The number of rotatable bonds is 19. The standard InChI is InChI=1S/C46H46F2N4O13.C42H46N4O12/c1-5-31(53)45(62)16-25-34(41(58)36-35(39(25)56)38(55)24-10-8-12-29(63-4)33(24)40(36)57)30(18-45)65-32-15-27(37(54)21(3)64-32)51-43(60)28-17-46(47,48)19-52(28)44(61)20(2)50-42(59)23-13-14-49-26-11-7-6-9-22(23)26;1-19-21(3)57-30(16-26(19)45-40(53)27-9-7-15-46(27)41(54)20(2)44-39(52)23-11-13-43-14-12-23)58-29-18-42(55,22(4)47)17-25-32(29)38(51)34-33(36(25)49)35(48)24-8-6-10-28(56-5)31(24)37(34)50/h6-14,20-21,27-28,30,32,37,54,56,58,62H,5,15-19H2,1-4H3,(H,50,59)(H,51,60);6,8,10-14,19-21,26-27,29-30,49,51,55H,7,9,15-18H2,1-5H3,(H,44,52)(H,45,53)/t20-,21?,27?,28+,30+,32?,37?,45+;19-,20-,21+,26+,27+,29+,30+,42+/m11/s1. The molecular formula is C88H92F2N8O25. The number of hydrogen-bond donors (Lipinski definition) is 11. The maximum absolute atomic E-state index is 15.1. The zero-order valence-electron chi connectivity index (χ0n) is 68.3. The van der Waals surface area contributed by atoms with Gasteiger partial charge in [0, 0.05) is 133 Å². The number of ether oxygens (including phenoxy) is 6. The van der Waals surface area contributed by atoms with E-state index in [1.165, 1.54) is 120 Å². The van der Waals surface area contributed by atoms with E-state index in [2.05, 4.69) is 31.2 Å². The molecule has 2 aromatic heterocycles. The Morgan fingerprint density at radius 3 is 1.66 bits per heavy atom. The van der Waals surface area contributed by atoms with Crippen LogP contribution in [0.5, 0.6) is 34.5 Å². The van der Waals surface area contributed by atoms with E-state index in [4.69, 9.17) is 28.4 Å². The second-order valence-corrected chi connectivity index (χ2v) is 32.5. The lowest BCUT2D eigenvalue weighted by molar-refractivity contribution is -0.249. The summed E-state index contributed by atoms with van der Waals surface area (Å²) in [6.45, 7) is 9.83. The Balaban J connectivity index is 0.000000202. The smallest absolute Gasteiger partial charge is 0.267 e. The molecule has 16 atom stereocenters. The van der Waals surface area contributed by atoms with Crippen molar-refractivity contribution in [3.63, 3.8) is 0 Å². The Morgan fingerprint density at radius 2 is 1.10 bits per heavy atom. The molecule has 6 amide bonds. The molecule has 11 N–H and O–H groups in total. The Labute approximate surface area is 701 Å². The number of carbonyl (C=O) groups excluding carboxylic acids is 12. The minimum absolute atomic E-state index is 0.0278. The van der Waals surface area contributed by atoms with Gasteiger partial charge in [-0.3, -0.25) is 67.5 Å². The lowest BCUT2D eigenvalue weighted by Crippen LogP contribution is -2.59. The van der Waals surface area contributed by atoms with Gasteiger partial charge in [0.2, 0.25) is 35.2 Å². The summed E-state index contributed by atoms with van der Waals surface area (Å²) in [7, 11) is 2.62. The number of hydrogen-bond acceptors (Lipinski definition) is 27. The molecule has 4 aliphatic carbocycles. The zero-order chi connectivity index (χ0) is 88.7. The van der Waals surface area contributed by atoms with Crippen LogP contribution in [0.4, 0.5) is 8.78 Å². The fourth-order valence-electron chi connectivity index (χ4n) is 18.1. The first kappa shape index (κ1) is 87.2. The summed E-state index contributed by atoms with van der Waals surface area (Å²) in [5.74, 6) is -14.9. The minimum Gasteiger partial charge on any atom is -0.507 e. The van der Waals surface area contributed by atoms with E-state index < -0.39 is 244 Å². The highest BCUT2D eigenvalue weighted by Gasteiger charge is 2.56. The van der Waals surface area contributed by atoms with Gasteiger partial charge >= 0.3 is 0 Å². The van der Waals surface area contributed by atoms with Crippen molar-refractivity contribution >= 4 is 81.0 Å². The number of nitrogens with zero attached hydrogens (tertiary/aromatic N) is 4. The number of Topliss-reactive ketones (excluding diaryl/α,β-unsaturated/α-hetero) is 2. The number of ketones is 6. The topological polar surface area (TPSA) is 482 Å². The highest BCUT2D eigenvalue weighted by molar-refractivity contribution is 6.32. The second-order valence-electron chi connectivity index (χ2n) is 32.5. The van der Waals surface area contributed by atoms with E-state index in [0.29, 0.717) is 40.8 Å². The number of pyridine rings is 2. The minimum atomic E-state index is -3.50. The van der Waals surface area contributed by atoms with Crippen LogP contribution in [-0.2, 0) is 60.6 Å². The molecule has 4 unspecified atom stereocenters. The number of amides is 6. The first-order valence-corrected chi connectivity index (χ1v) is 40.3. The van der Waals surface area contributed by atoms with Crippen molar-refractivity contribution in [2.45, 2.75) is 209 Å². The predicted octanol–water partition coefficient (Wildman–Crippen LogP) is 5.85. The summed E-state index contributed by atoms with van der Waals surface area (Å²) < 4.78 is 65.7. The fraction of sp³-hybridized carbons (Fsp3) is 0.432. The van der Waals surface area contributed by atoms with Gasteiger partial charge in [0.25, 0.3) is 17.7 Å². The molecule has 0 saturated carbocycles. The van der Waals surface area contributed by atoms with Crippen molar-refractivity contribution in [1.82, 2.24) is 41.0 Å². The number of aliphatic hydroxyl groups is 3. The molecule has 0 radical (unpaired) electrons. The number of aliphatic hydroxyl groups excluding tert-OH is 1. The van der Waals surface area contributed by atoms with Crippen molar-refractivity contribution in [2.75, 3.05) is 27.3 Å². The van der Waals surface area contributed by atoms with Crippen LogP contribution in [0.3, 0.4) is 0 Å². The average molecular weight is 1700 g/mol. The van der Waals surface area contributed by atoms with Crippen molar-refractivity contribution in [3.05, 3.63) is 175 Å². The number of aromatic hydroxyl groups is 4. The molecule has 8 aliphatic rings. The number of fused-ring (bicyclic) bond motifs is 7. The van der Waals surface area contributed by atoms with Crippen molar-refractivity contribution in [3.8, 4) is 34.5 Å². The number of carbonyl (C=O) groups is 12. The maximum Gasteiger partial charge on any atom is 0.267 e. The number of halogens is 2. The number of benzene rings is 5. The van der Waals surface area contributed by atoms with Crippen LogP contribution in [0.1, 0.15) is 219 Å². The largest absolute Gasteiger partial charge is 0.507 e. The van der Waals surface area contributed by atoms with Crippen LogP contribution in [0.15, 0.2) is 97.5 Å².